The Balaban J connectivity index is 1.55. The normalized spacial score (nSPS) is 10.6. The van der Waals surface area contributed by atoms with Gasteiger partial charge in [-0.15, -0.1) is 10.2 Å². The predicted octanol–water partition coefficient (Wildman–Crippen LogP) is 3.53. The van der Waals surface area contributed by atoms with Crippen molar-refractivity contribution >= 4 is 46.6 Å². The molecule has 0 spiro atoms. The van der Waals surface area contributed by atoms with Gasteiger partial charge >= 0.3 is 0 Å². The fraction of sp³-hybridized carbons (Fsp3) is 0.200. The number of carbonyl (C=O) groups excluding carboxylic acids is 2. The molecule has 0 fully saturated rings. The topological polar surface area (TPSA) is 98.1 Å². The maximum absolute atomic E-state index is 13.0. The number of nitrogens with zero attached hydrogens (tertiary/aromatic N) is 3. The molecule has 2 amide bonds. The summed E-state index contributed by atoms with van der Waals surface area (Å²) in [4.78, 5) is 24.5. The third kappa shape index (κ3) is 6.19. The summed E-state index contributed by atoms with van der Waals surface area (Å²) in [5.41, 5.74) is 0.952. The van der Waals surface area contributed by atoms with Crippen LogP contribution < -0.4 is 15.4 Å². The molecule has 2 N–H and O–H groups in total. The Kier molecular flexibility index (Phi) is 7.48. The molecule has 1 heterocycles. The van der Waals surface area contributed by atoms with Gasteiger partial charge in [0.1, 0.15) is 17.4 Å². The summed E-state index contributed by atoms with van der Waals surface area (Å²) in [7, 11) is 3.21. The van der Waals surface area contributed by atoms with E-state index in [-0.39, 0.29) is 29.8 Å². The third-order valence-corrected chi connectivity index (χ3v) is 5.40. The largest absolute Gasteiger partial charge is 0.495 e. The monoisotopic (exact) mass is 463 g/mol. The smallest absolute Gasteiger partial charge is 0.234 e. The predicted molar refractivity (Wildman–Crippen MR) is 117 cm³/mol. The van der Waals surface area contributed by atoms with Crippen LogP contribution in [-0.2, 0) is 23.1 Å². The zero-order chi connectivity index (χ0) is 22.4. The van der Waals surface area contributed by atoms with Gasteiger partial charge in [-0.05, 0) is 42.5 Å². The van der Waals surface area contributed by atoms with Crippen LogP contribution in [0.15, 0.2) is 47.6 Å². The average Bonchev–Trinajstić information content (AvgIpc) is 3.07. The molecule has 11 heteroatoms. The third-order valence-electron chi connectivity index (χ3n) is 4.14. The Hall–Kier alpha value is -3.11. The van der Waals surface area contributed by atoms with Gasteiger partial charge in [0, 0.05) is 17.8 Å². The number of benzene rings is 2. The summed E-state index contributed by atoms with van der Waals surface area (Å²) in [6.07, 6.45) is -0.0205. The number of methoxy groups -OCH3 is 1. The van der Waals surface area contributed by atoms with Gasteiger partial charge in [-0.3, -0.25) is 9.59 Å². The van der Waals surface area contributed by atoms with Crippen LogP contribution in [-0.4, -0.2) is 39.4 Å². The number of hydrogen-bond donors (Lipinski definition) is 2. The molecule has 31 heavy (non-hydrogen) atoms. The molecule has 0 saturated carbocycles. The number of amides is 2. The van der Waals surface area contributed by atoms with Crippen molar-refractivity contribution in [3.8, 4) is 5.75 Å². The quantitative estimate of drug-likeness (QED) is 0.496. The van der Waals surface area contributed by atoms with Crippen LogP contribution in [0.4, 0.5) is 15.8 Å². The highest BCUT2D eigenvalue weighted by Gasteiger charge is 2.15. The molecule has 0 aliphatic heterocycles. The van der Waals surface area contributed by atoms with Gasteiger partial charge in [-0.2, -0.15) is 0 Å². The van der Waals surface area contributed by atoms with Crippen molar-refractivity contribution < 1.29 is 18.7 Å². The summed E-state index contributed by atoms with van der Waals surface area (Å²) >= 11 is 7.15. The number of halogens is 2. The van der Waals surface area contributed by atoms with E-state index in [1.54, 1.807) is 29.8 Å². The first-order valence-corrected chi connectivity index (χ1v) is 10.4. The molecule has 2 aromatic carbocycles. The summed E-state index contributed by atoms with van der Waals surface area (Å²) in [6.45, 7) is 0. The second-order valence-corrected chi connectivity index (χ2v) is 7.75. The number of hydrogen-bond acceptors (Lipinski definition) is 6. The van der Waals surface area contributed by atoms with E-state index in [0.29, 0.717) is 33.1 Å². The second-order valence-electron chi connectivity index (χ2n) is 6.37. The lowest BCUT2D eigenvalue weighted by molar-refractivity contribution is -0.116. The lowest BCUT2D eigenvalue weighted by Crippen LogP contribution is -2.17. The average molecular weight is 464 g/mol. The number of thioether (sulfide) groups is 1. The van der Waals surface area contributed by atoms with Gasteiger partial charge in [0.15, 0.2) is 5.16 Å². The van der Waals surface area contributed by atoms with Crippen LogP contribution in [0, 0.1) is 5.82 Å². The highest BCUT2D eigenvalue weighted by molar-refractivity contribution is 7.99. The molecule has 0 aliphatic rings. The maximum atomic E-state index is 13.0. The van der Waals surface area contributed by atoms with Crippen molar-refractivity contribution in [1.29, 1.82) is 0 Å². The molecule has 0 bridgehead atoms. The number of anilines is 2. The standard InChI is InChI=1S/C20H19ClFN5O3S/c1-27-17(10-18(28)23-14-6-4-13(22)5-7-14)25-26-20(27)31-11-19(29)24-15-9-12(21)3-8-16(15)30-2/h3-9H,10-11H2,1-2H3,(H,23,28)(H,24,29). The van der Waals surface area contributed by atoms with E-state index in [9.17, 15) is 14.0 Å². The van der Waals surface area contributed by atoms with Crippen LogP contribution in [0.3, 0.4) is 0 Å². The lowest BCUT2D eigenvalue weighted by atomic mass is 10.3. The fourth-order valence-electron chi connectivity index (χ4n) is 2.60. The van der Waals surface area contributed by atoms with Gasteiger partial charge < -0.3 is 19.9 Å². The Morgan fingerprint density at radius 3 is 2.58 bits per heavy atom. The molecule has 3 aromatic rings. The Morgan fingerprint density at radius 1 is 1.13 bits per heavy atom. The van der Waals surface area contributed by atoms with Crippen molar-refractivity contribution in [3.63, 3.8) is 0 Å². The van der Waals surface area contributed by atoms with Crippen molar-refractivity contribution in [3.05, 3.63) is 59.1 Å². The zero-order valence-corrected chi connectivity index (χ0v) is 18.3. The number of nitrogens with one attached hydrogen (secondary N) is 2. The first kappa shape index (κ1) is 22.6. The van der Waals surface area contributed by atoms with E-state index in [2.05, 4.69) is 20.8 Å². The molecular weight excluding hydrogens is 445 g/mol. The van der Waals surface area contributed by atoms with Crippen LogP contribution in [0.5, 0.6) is 5.75 Å². The molecule has 0 atom stereocenters. The minimum atomic E-state index is -0.384. The highest BCUT2D eigenvalue weighted by atomic mass is 35.5. The zero-order valence-electron chi connectivity index (χ0n) is 16.7. The summed E-state index contributed by atoms with van der Waals surface area (Å²) < 4.78 is 19.8. The van der Waals surface area contributed by atoms with Crippen LogP contribution >= 0.6 is 23.4 Å². The highest BCUT2D eigenvalue weighted by Crippen LogP contribution is 2.28. The molecule has 1 aromatic heterocycles. The molecule has 0 aliphatic carbocycles. The van der Waals surface area contributed by atoms with Crippen LogP contribution in [0.25, 0.3) is 0 Å². The van der Waals surface area contributed by atoms with Crippen LogP contribution in [0.2, 0.25) is 5.02 Å². The van der Waals surface area contributed by atoms with E-state index < -0.39 is 0 Å². The van der Waals surface area contributed by atoms with E-state index in [4.69, 9.17) is 16.3 Å². The fourth-order valence-corrected chi connectivity index (χ4v) is 3.50. The molecule has 8 nitrogen and oxygen atoms in total. The molecule has 0 unspecified atom stereocenters. The van der Waals surface area contributed by atoms with E-state index >= 15 is 0 Å². The van der Waals surface area contributed by atoms with Crippen molar-refractivity contribution in [1.82, 2.24) is 14.8 Å². The maximum Gasteiger partial charge on any atom is 0.234 e. The molecule has 0 saturated heterocycles. The lowest BCUT2D eigenvalue weighted by Gasteiger charge is -2.10. The van der Waals surface area contributed by atoms with Gasteiger partial charge in [0.25, 0.3) is 0 Å². The molecular formula is C20H19ClFN5O3S. The number of aromatic nitrogens is 3. The second kappa shape index (κ2) is 10.3. The van der Waals surface area contributed by atoms with Crippen molar-refractivity contribution in [2.75, 3.05) is 23.5 Å². The number of rotatable bonds is 8. The van der Waals surface area contributed by atoms with Crippen molar-refractivity contribution in [2.24, 2.45) is 7.05 Å². The Labute approximate surface area is 187 Å². The SMILES string of the molecule is COc1ccc(Cl)cc1NC(=O)CSc1nnc(CC(=O)Nc2ccc(F)cc2)n1C. The van der Waals surface area contributed by atoms with E-state index in [0.717, 1.165) is 0 Å². The first-order valence-electron chi connectivity index (χ1n) is 9.05. The van der Waals surface area contributed by atoms with E-state index in [1.807, 2.05) is 0 Å². The molecule has 3 rings (SSSR count). The minimum Gasteiger partial charge on any atom is -0.495 e. The van der Waals surface area contributed by atoms with Gasteiger partial charge in [0.05, 0.1) is 25.0 Å². The number of ether oxygens (including phenoxy) is 1. The van der Waals surface area contributed by atoms with Crippen LogP contribution in [0.1, 0.15) is 5.82 Å². The summed E-state index contributed by atoms with van der Waals surface area (Å²) in [5.74, 6) is 0.0259. The Morgan fingerprint density at radius 2 is 1.87 bits per heavy atom. The van der Waals surface area contributed by atoms with E-state index in [1.165, 1.54) is 43.1 Å². The van der Waals surface area contributed by atoms with Gasteiger partial charge in [-0.1, -0.05) is 23.4 Å². The van der Waals surface area contributed by atoms with Gasteiger partial charge in [-0.25, -0.2) is 4.39 Å². The van der Waals surface area contributed by atoms with Crippen molar-refractivity contribution in [2.45, 2.75) is 11.6 Å². The summed E-state index contributed by atoms with van der Waals surface area (Å²) in [6, 6.07) is 10.4. The summed E-state index contributed by atoms with van der Waals surface area (Å²) in [5, 5.41) is 14.4. The van der Waals surface area contributed by atoms with Gasteiger partial charge in [0.2, 0.25) is 11.8 Å². The number of carbonyl (C=O) groups is 2. The first-order chi connectivity index (χ1) is 14.9. The minimum absolute atomic E-state index is 0.0205. The molecule has 0 radical (unpaired) electrons. The Bertz CT molecular complexity index is 1090. The molecule has 162 valence electrons.